The number of aliphatic carboxylic acids is 1. The van der Waals surface area contributed by atoms with Crippen LogP contribution in [-0.2, 0) is 9.59 Å². The van der Waals surface area contributed by atoms with Gasteiger partial charge in [-0.2, -0.15) is 0 Å². The first-order chi connectivity index (χ1) is 5.07. The second-order valence-electron chi connectivity index (χ2n) is 2.07. The first-order valence-electron chi connectivity index (χ1n) is 3.13. The van der Waals surface area contributed by atoms with Crippen molar-refractivity contribution in [1.82, 2.24) is 0 Å². The molecule has 62 valence electrons. The van der Waals surface area contributed by atoms with Crippen molar-refractivity contribution in [2.75, 3.05) is 6.61 Å². The molecule has 0 aliphatic carbocycles. The molecular formula is C7H10O4. The molecule has 0 aromatic carbocycles. The van der Waals surface area contributed by atoms with Gasteiger partial charge >= 0.3 is 5.97 Å². The van der Waals surface area contributed by atoms with Crippen LogP contribution in [0, 0.1) is 0 Å². The summed E-state index contributed by atoms with van der Waals surface area (Å²) in [6.45, 7) is 1.08. The molecule has 0 unspecified atom stereocenters. The van der Waals surface area contributed by atoms with E-state index in [0.29, 0.717) is 0 Å². The van der Waals surface area contributed by atoms with Crippen molar-refractivity contribution in [2.24, 2.45) is 0 Å². The minimum absolute atomic E-state index is 0.0107. The number of carboxylic acids is 1. The third kappa shape index (κ3) is 4.27. The van der Waals surface area contributed by atoms with E-state index >= 15 is 0 Å². The van der Waals surface area contributed by atoms with E-state index in [4.69, 9.17) is 10.2 Å². The van der Waals surface area contributed by atoms with Crippen molar-refractivity contribution in [3.63, 3.8) is 0 Å². The molecule has 0 aromatic heterocycles. The molecule has 0 aliphatic heterocycles. The van der Waals surface area contributed by atoms with Gasteiger partial charge in [-0.05, 0) is 13.0 Å². The lowest BCUT2D eigenvalue weighted by Crippen LogP contribution is -2.02. The van der Waals surface area contributed by atoms with Crippen molar-refractivity contribution in [1.29, 1.82) is 0 Å². The maximum absolute atomic E-state index is 10.7. The molecule has 4 heteroatoms. The molecule has 0 rings (SSSR count). The number of allylic oxidation sites excluding steroid dienone is 1. The van der Waals surface area contributed by atoms with Gasteiger partial charge in [0.05, 0.1) is 6.61 Å². The van der Waals surface area contributed by atoms with Gasteiger partial charge in [0, 0.05) is 12.0 Å². The smallest absolute Gasteiger partial charge is 0.331 e. The summed E-state index contributed by atoms with van der Waals surface area (Å²) in [5, 5.41) is 16.6. The lowest BCUT2D eigenvalue weighted by molar-refractivity contribution is -0.132. The average molecular weight is 158 g/mol. The van der Waals surface area contributed by atoms with Crippen molar-refractivity contribution in [2.45, 2.75) is 13.3 Å². The molecule has 11 heavy (non-hydrogen) atoms. The molecule has 2 N–H and O–H groups in total. The van der Waals surface area contributed by atoms with E-state index in [9.17, 15) is 9.59 Å². The fourth-order valence-corrected chi connectivity index (χ4v) is 0.486. The maximum Gasteiger partial charge on any atom is 0.331 e. The van der Waals surface area contributed by atoms with Gasteiger partial charge in [-0.15, -0.1) is 0 Å². The molecule has 0 aliphatic rings. The average Bonchev–Trinajstić information content (AvgIpc) is 1.87. The van der Waals surface area contributed by atoms with Crippen LogP contribution in [0.2, 0.25) is 0 Å². The molecule has 0 bridgehead atoms. The highest BCUT2D eigenvalue weighted by Gasteiger charge is 2.02. The Hall–Kier alpha value is -1.16. The molecule has 0 aromatic rings. The molecule has 0 fully saturated rings. The molecule has 4 nitrogen and oxygen atoms in total. The monoisotopic (exact) mass is 158 g/mol. The van der Waals surface area contributed by atoms with Gasteiger partial charge < -0.3 is 10.2 Å². The van der Waals surface area contributed by atoms with E-state index in [-0.39, 0.29) is 24.4 Å². The van der Waals surface area contributed by atoms with Gasteiger partial charge in [0.2, 0.25) is 0 Å². The summed E-state index contributed by atoms with van der Waals surface area (Å²) < 4.78 is 0. The normalized spacial score (nSPS) is 11.3. The second kappa shape index (κ2) is 4.62. The summed E-state index contributed by atoms with van der Waals surface area (Å²) in [5.74, 6) is -1.48. The van der Waals surface area contributed by atoms with Gasteiger partial charge in [0.1, 0.15) is 0 Å². The van der Waals surface area contributed by atoms with Crippen LogP contribution in [0.5, 0.6) is 0 Å². The lowest BCUT2D eigenvalue weighted by atomic mass is 10.2. The zero-order valence-electron chi connectivity index (χ0n) is 6.20. The van der Waals surface area contributed by atoms with E-state index in [0.717, 1.165) is 6.08 Å². The lowest BCUT2D eigenvalue weighted by Gasteiger charge is -1.91. The van der Waals surface area contributed by atoms with Crippen molar-refractivity contribution >= 4 is 11.8 Å². The highest BCUT2D eigenvalue weighted by molar-refractivity contribution is 5.98. The van der Waals surface area contributed by atoms with Crippen LogP contribution in [0.15, 0.2) is 11.6 Å². The third-order valence-electron chi connectivity index (χ3n) is 1.07. The standard InChI is InChI=1S/C7H10O4/c1-5(7(10)11)4-6(9)2-3-8/h4,8H,2-3H2,1H3,(H,10,11). The van der Waals surface area contributed by atoms with E-state index < -0.39 is 5.97 Å². The van der Waals surface area contributed by atoms with E-state index in [1.807, 2.05) is 0 Å². The summed E-state index contributed by atoms with van der Waals surface area (Å²) in [5.41, 5.74) is -0.0107. The Bertz CT molecular complexity index is 193. The molecule has 0 amide bonds. The molecule has 0 saturated heterocycles. The highest BCUT2D eigenvalue weighted by Crippen LogP contribution is 1.94. The number of carboxylic acid groups (broad SMARTS) is 1. The Labute approximate surface area is 64.2 Å². The van der Waals surface area contributed by atoms with Crippen molar-refractivity contribution < 1.29 is 19.8 Å². The van der Waals surface area contributed by atoms with Crippen LogP contribution in [0.1, 0.15) is 13.3 Å². The van der Waals surface area contributed by atoms with Gasteiger partial charge in [-0.3, -0.25) is 4.79 Å². The van der Waals surface area contributed by atoms with E-state index in [2.05, 4.69) is 0 Å². The van der Waals surface area contributed by atoms with Crippen LogP contribution in [0.3, 0.4) is 0 Å². The van der Waals surface area contributed by atoms with Crippen LogP contribution < -0.4 is 0 Å². The minimum Gasteiger partial charge on any atom is -0.478 e. The van der Waals surface area contributed by atoms with Crippen LogP contribution in [-0.4, -0.2) is 28.6 Å². The number of hydrogen-bond acceptors (Lipinski definition) is 3. The summed E-state index contributed by atoms with van der Waals surface area (Å²) in [7, 11) is 0. The number of aliphatic hydroxyl groups is 1. The largest absolute Gasteiger partial charge is 0.478 e. The van der Waals surface area contributed by atoms with Crippen LogP contribution in [0.4, 0.5) is 0 Å². The number of rotatable bonds is 4. The number of hydrogen-bond donors (Lipinski definition) is 2. The number of carbonyl (C=O) groups is 2. The van der Waals surface area contributed by atoms with E-state index in [1.165, 1.54) is 6.92 Å². The highest BCUT2D eigenvalue weighted by atomic mass is 16.4. The second-order valence-corrected chi connectivity index (χ2v) is 2.07. The number of ketones is 1. The number of carbonyl (C=O) groups excluding carboxylic acids is 1. The molecule has 0 atom stereocenters. The predicted molar refractivity (Wildman–Crippen MR) is 38.1 cm³/mol. The molecule has 0 spiro atoms. The summed E-state index contributed by atoms with van der Waals surface area (Å²) in [6.07, 6.45) is 0.989. The first kappa shape index (κ1) is 9.84. The van der Waals surface area contributed by atoms with Gasteiger partial charge in [0.15, 0.2) is 5.78 Å². The van der Waals surface area contributed by atoms with Gasteiger partial charge in [0.25, 0.3) is 0 Å². The Kier molecular flexibility index (Phi) is 4.14. The quantitative estimate of drug-likeness (QED) is 0.563. The third-order valence-corrected chi connectivity index (χ3v) is 1.07. The zero-order chi connectivity index (χ0) is 8.85. The van der Waals surface area contributed by atoms with Crippen molar-refractivity contribution in [3.05, 3.63) is 11.6 Å². The fraction of sp³-hybridized carbons (Fsp3) is 0.429. The Morgan fingerprint density at radius 3 is 2.36 bits per heavy atom. The Balaban J connectivity index is 4.08. The summed E-state index contributed by atoms with van der Waals surface area (Å²) in [6, 6.07) is 0. The van der Waals surface area contributed by atoms with E-state index in [1.54, 1.807) is 0 Å². The molecule has 0 heterocycles. The minimum atomic E-state index is -1.11. The molecular weight excluding hydrogens is 148 g/mol. The first-order valence-corrected chi connectivity index (χ1v) is 3.13. The van der Waals surface area contributed by atoms with Crippen LogP contribution >= 0.6 is 0 Å². The zero-order valence-corrected chi connectivity index (χ0v) is 6.20. The topological polar surface area (TPSA) is 74.6 Å². The number of aliphatic hydroxyl groups excluding tert-OH is 1. The Morgan fingerprint density at radius 2 is 2.00 bits per heavy atom. The van der Waals surface area contributed by atoms with Crippen molar-refractivity contribution in [3.8, 4) is 0 Å². The molecule has 0 saturated carbocycles. The summed E-state index contributed by atoms with van der Waals surface area (Å²) in [4.78, 5) is 20.8. The SMILES string of the molecule is CC(=CC(=O)CCO)C(=O)O. The fourth-order valence-electron chi connectivity index (χ4n) is 0.486. The Morgan fingerprint density at radius 1 is 1.45 bits per heavy atom. The van der Waals surface area contributed by atoms with Crippen LogP contribution in [0.25, 0.3) is 0 Å². The van der Waals surface area contributed by atoms with Gasteiger partial charge in [-0.25, -0.2) is 4.79 Å². The summed E-state index contributed by atoms with van der Waals surface area (Å²) >= 11 is 0. The molecule has 0 radical (unpaired) electrons. The predicted octanol–water partition coefficient (Wildman–Crippen LogP) is -0.0312. The maximum atomic E-state index is 10.7. The van der Waals surface area contributed by atoms with Gasteiger partial charge in [-0.1, -0.05) is 0 Å².